The molecule has 3 N–H and O–H groups in total. The second kappa shape index (κ2) is 5.20. The molecule has 1 aromatic carbocycles. The summed E-state index contributed by atoms with van der Waals surface area (Å²) >= 11 is 1.65. The van der Waals surface area contributed by atoms with Crippen LogP contribution in [0.4, 0.5) is 0 Å². The second-order valence-electron chi connectivity index (χ2n) is 4.59. The zero-order valence-corrected chi connectivity index (χ0v) is 11.1. The van der Waals surface area contributed by atoms with Crippen molar-refractivity contribution in [3.63, 3.8) is 0 Å². The van der Waals surface area contributed by atoms with E-state index in [1.54, 1.807) is 18.9 Å². The van der Waals surface area contributed by atoms with Crippen LogP contribution in [0.25, 0.3) is 0 Å². The number of rotatable bonds is 4. The molecule has 0 aliphatic heterocycles. The summed E-state index contributed by atoms with van der Waals surface area (Å²) in [5.41, 5.74) is 4.82. The number of thioether (sulfide) groups is 1. The minimum Gasteiger partial charge on any atom is -0.496 e. The zero-order valence-electron chi connectivity index (χ0n) is 10.3. The third-order valence-electron chi connectivity index (χ3n) is 3.29. The largest absolute Gasteiger partial charge is 0.496 e. The van der Waals surface area contributed by atoms with Crippen molar-refractivity contribution in [2.75, 3.05) is 7.11 Å². The SMILES string of the molecule is COc1ccccc1SC1CCC(N)(C(=O)O)C1. The van der Waals surface area contributed by atoms with Gasteiger partial charge in [0.1, 0.15) is 11.3 Å². The van der Waals surface area contributed by atoms with Crippen molar-refractivity contribution in [3.8, 4) is 5.75 Å². The van der Waals surface area contributed by atoms with E-state index in [0.717, 1.165) is 17.1 Å². The lowest BCUT2D eigenvalue weighted by Gasteiger charge is -2.18. The lowest BCUT2D eigenvalue weighted by molar-refractivity contribution is -0.143. The van der Waals surface area contributed by atoms with Gasteiger partial charge >= 0.3 is 5.97 Å². The number of carboxylic acids is 1. The van der Waals surface area contributed by atoms with Crippen LogP contribution in [0.3, 0.4) is 0 Å². The number of aliphatic carboxylic acids is 1. The van der Waals surface area contributed by atoms with Crippen molar-refractivity contribution in [2.24, 2.45) is 5.73 Å². The van der Waals surface area contributed by atoms with Crippen LogP contribution in [0.5, 0.6) is 5.75 Å². The van der Waals surface area contributed by atoms with Crippen LogP contribution in [0.15, 0.2) is 29.2 Å². The van der Waals surface area contributed by atoms with E-state index in [1.807, 2.05) is 24.3 Å². The summed E-state index contributed by atoms with van der Waals surface area (Å²) in [7, 11) is 1.64. The van der Waals surface area contributed by atoms with Crippen molar-refractivity contribution in [2.45, 2.75) is 34.9 Å². The maximum absolute atomic E-state index is 11.1. The molecule has 1 aliphatic carbocycles. The van der Waals surface area contributed by atoms with Gasteiger partial charge in [-0.3, -0.25) is 4.79 Å². The molecule has 18 heavy (non-hydrogen) atoms. The first kappa shape index (κ1) is 13.2. The highest BCUT2D eigenvalue weighted by Gasteiger charge is 2.42. The van der Waals surface area contributed by atoms with Gasteiger partial charge in [-0.2, -0.15) is 0 Å². The van der Waals surface area contributed by atoms with Crippen LogP contribution >= 0.6 is 11.8 Å². The quantitative estimate of drug-likeness (QED) is 0.874. The van der Waals surface area contributed by atoms with Gasteiger partial charge < -0.3 is 15.6 Å². The van der Waals surface area contributed by atoms with E-state index in [9.17, 15) is 4.79 Å². The number of para-hydroxylation sites is 1. The van der Waals surface area contributed by atoms with Gasteiger partial charge in [0.25, 0.3) is 0 Å². The molecule has 5 heteroatoms. The Labute approximate surface area is 111 Å². The van der Waals surface area contributed by atoms with Crippen LogP contribution in [-0.4, -0.2) is 29.0 Å². The summed E-state index contributed by atoms with van der Waals surface area (Å²) in [5, 5.41) is 9.34. The molecule has 0 heterocycles. The topological polar surface area (TPSA) is 72.5 Å². The second-order valence-corrected chi connectivity index (χ2v) is 5.94. The summed E-state index contributed by atoms with van der Waals surface area (Å²) in [4.78, 5) is 12.1. The summed E-state index contributed by atoms with van der Waals surface area (Å²) in [6, 6.07) is 7.76. The Morgan fingerprint density at radius 1 is 1.56 bits per heavy atom. The smallest absolute Gasteiger partial charge is 0.323 e. The molecule has 0 saturated heterocycles. The highest BCUT2D eigenvalue weighted by atomic mass is 32.2. The Hall–Kier alpha value is -1.20. The number of benzene rings is 1. The van der Waals surface area contributed by atoms with Gasteiger partial charge in [0, 0.05) is 10.1 Å². The first-order valence-electron chi connectivity index (χ1n) is 5.87. The monoisotopic (exact) mass is 267 g/mol. The Morgan fingerprint density at radius 3 is 2.89 bits per heavy atom. The van der Waals surface area contributed by atoms with Gasteiger partial charge in [0.2, 0.25) is 0 Å². The van der Waals surface area contributed by atoms with Gasteiger partial charge in [-0.15, -0.1) is 11.8 Å². The average Bonchev–Trinajstić information content (AvgIpc) is 2.73. The minimum atomic E-state index is -1.06. The molecule has 0 bridgehead atoms. The maximum atomic E-state index is 11.1. The molecule has 0 spiro atoms. The normalized spacial score (nSPS) is 27.1. The molecule has 98 valence electrons. The van der Waals surface area contributed by atoms with Gasteiger partial charge in [-0.25, -0.2) is 0 Å². The maximum Gasteiger partial charge on any atom is 0.323 e. The summed E-state index contributed by atoms with van der Waals surface area (Å²) in [6.07, 6.45) is 1.87. The minimum absolute atomic E-state index is 0.238. The van der Waals surface area contributed by atoms with E-state index in [-0.39, 0.29) is 5.25 Å². The third kappa shape index (κ3) is 2.62. The zero-order chi connectivity index (χ0) is 13.2. The van der Waals surface area contributed by atoms with Crippen molar-refractivity contribution < 1.29 is 14.6 Å². The molecule has 0 radical (unpaired) electrons. The number of ether oxygens (including phenoxy) is 1. The molecule has 2 rings (SSSR count). The molecule has 1 fully saturated rings. The molecule has 0 aromatic heterocycles. The molecular weight excluding hydrogens is 250 g/mol. The van der Waals surface area contributed by atoms with Gasteiger partial charge in [0.15, 0.2) is 0 Å². The highest BCUT2D eigenvalue weighted by molar-refractivity contribution is 8.00. The summed E-state index contributed by atoms with van der Waals surface area (Å²) in [6.45, 7) is 0. The van der Waals surface area contributed by atoms with Crippen LogP contribution in [0.1, 0.15) is 19.3 Å². The molecule has 2 unspecified atom stereocenters. The molecule has 1 saturated carbocycles. The lowest BCUT2D eigenvalue weighted by atomic mass is 10.0. The Kier molecular flexibility index (Phi) is 3.82. The molecule has 4 nitrogen and oxygen atoms in total. The van der Waals surface area contributed by atoms with E-state index in [2.05, 4.69) is 0 Å². The van der Waals surface area contributed by atoms with E-state index in [4.69, 9.17) is 15.6 Å². The van der Waals surface area contributed by atoms with Crippen LogP contribution in [-0.2, 0) is 4.79 Å². The first-order valence-corrected chi connectivity index (χ1v) is 6.75. The molecular formula is C13H17NO3S. The predicted octanol–water partition coefficient (Wildman–Crippen LogP) is 2.12. The molecule has 0 amide bonds. The van der Waals surface area contributed by atoms with Gasteiger partial charge in [-0.1, -0.05) is 12.1 Å². The highest BCUT2D eigenvalue weighted by Crippen LogP contribution is 2.41. The molecule has 1 aliphatic rings. The van der Waals surface area contributed by atoms with Crippen molar-refractivity contribution in [1.29, 1.82) is 0 Å². The molecule has 2 atom stereocenters. The number of hydrogen-bond donors (Lipinski definition) is 2. The summed E-state index contributed by atoms with van der Waals surface area (Å²) < 4.78 is 5.29. The Morgan fingerprint density at radius 2 is 2.28 bits per heavy atom. The van der Waals surface area contributed by atoms with Crippen molar-refractivity contribution >= 4 is 17.7 Å². The van der Waals surface area contributed by atoms with E-state index in [1.165, 1.54) is 0 Å². The van der Waals surface area contributed by atoms with E-state index >= 15 is 0 Å². The third-order valence-corrected chi connectivity index (χ3v) is 4.62. The number of hydrogen-bond acceptors (Lipinski definition) is 4. The van der Waals surface area contributed by atoms with E-state index < -0.39 is 11.5 Å². The first-order chi connectivity index (χ1) is 8.55. The van der Waals surface area contributed by atoms with Crippen LogP contribution in [0, 0.1) is 0 Å². The Bertz CT molecular complexity index is 452. The van der Waals surface area contributed by atoms with Gasteiger partial charge in [0.05, 0.1) is 7.11 Å². The number of nitrogens with two attached hydrogens (primary N) is 1. The van der Waals surface area contributed by atoms with Crippen molar-refractivity contribution in [1.82, 2.24) is 0 Å². The summed E-state index contributed by atoms with van der Waals surface area (Å²) in [5.74, 6) is -0.0713. The van der Waals surface area contributed by atoms with Gasteiger partial charge in [-0.05, 0) is 31.4 Å². The fraction of sp³-hybridized carbons (Fsp3) is 0.462. The Balaban J connectivity index is 2.06. The van der Waals surface area contributed by atoms with Crippen molar-refractivity contribution in [3.05, 3.63) is 24.3 Å². The number of carboxylic acid groups (broad SMARTS) is 1. The fourth-order valence-corrected chi connectivity index (χ4v) is 3.62. The predicted molar refractivity (Wildman–Crippen MR) is 71.0 cm³/mol. The number of methoxy groups -OCH3 is 1. The lowest BCUT2D eigenvalue weighted by Crippen LogP contribution is -2.45. The fourth-order valence-electron chi connectivity index (χ4n) is 2.22. The molecule has 1 aromatic rings. The van der Waals surface area contributed by atoms with Crippen LogP contribution in [0.2, 0.25) is 0 Å². The van der Waals surface area contributed by atoms with E-state index in [0.29, 0.717) is 12.8 Å². The number of carbonyl (C=O) groups is 1. The standard InChI is InChI=1S/C13H17NO3S/c1-17-10-4-2-3-5-11(10)18-9-6-7-13(14,8-9)12(15)16/h2-5,9H,6-8,14H2,1H3,(H,15,16). The van der Waals surface area contributed by atoms with Crippen LogP contribution < -0.4 is 10.5 Å². The average molecular weight is 267 g/mol.